The molecule has 0 spiro atoms. The van der Waals surface area contributed by atoms with Crippen LogP contribution in [-0.4, -0.2) is 37.3 Å². The number of ether oxygens (including phenoxy) is 3. The second-order valence-corrected chi connectivity index (χ2v) is 4.20. The second kappa shape index (κ2) is 9.38. The van der Waals surface area contributed by atoms with Crippen molar-refractivity contribution in [3.63, 3.8) is 0 Å². The van der Waals surface area contributed by atoms with Gasteiger partial charge in [0.1, 0.15) is 5.75 Å². The fourth-order valence-electron chi connectivity index (χ4n) is 1.51. The fraction of sp³-hybridized carbons (Fsp3) is 0.400. The molecule has 22 heavy (non-hydrogen) atoms. The van der Waals surface area contributed by atoms with E-state index in [9.17, 15) is 14.4 Å². The minimum atomic E-state index is -0.879. The van der Waals surface area contributed by atoms with Gasteiger partial charge in [0.25, 0.3) is 5.91 Å². The highest BCUT2D eigenvalue weighted by molar-refractivity contribution is 5.93. The molecule has 120 valence electrons. The Labute approximate surface area is 128 Å². The van der Waals surface area contributed by atoms with E-state index in [1.807, 2.05) is 11.4 Å². The van der Waals surface area contributed by atoms with Gasteiger partial charge in [-0.05, 0) is 25.5 Å². The molecule has 0 heterocycles. The van der Waals surface area contributed by atoms with Crippen molar-refractivity contribution in [1.29, 1.82) is 0 Å². The Morgan fingerprint density at radius 3 is 2.36 bits per heavy atom. The monoisotopic (exact) mass is 309 g/mol. The van der Waals surface area contributed by atoms with Gasteiger partial charge >= 0.3 is 12.1 Å². The molecule has 0 bridgehead atoms. The van der Waals surface area contributed by atoms with Crippen molar-refractivity contribution in [1.82, 2.24) is 5.32 Å². The van der Waals surface area contributed by atoms with E-state index in [1.165, 1.54) is 0 Å². The molecule has 2 amide bonds. The summed E-state index contributed by atoms with van der Waals surface area (Å²) in [5.74, 6) is -0.908. The standard InChI is InChI=1S/C15H19NO6/c1-3-12(22-11-8-6-5-7-9-11)14(18)21-10-13(17)16-15(19)20-4-2/h5-9,12H,3-4,10H2,1-2H3,(H,16,17,19)/t12-/m0/s1. The lowest BCUT2D eigenvalue weighted by atomic mass is 10.2. The van der Waals surface area contributed by atoms with Gasteiger partial charge in [-0.2, -0.15) is 0 Å². The number of nitrogens with one attached hydrogen (secondary N) is 1. The highest BCUT2D eigenvalue weighted by Crippen LogP contribution is 2.13. The molecule has 1 aromatic rings. The summed E-state index contributed by atoms with van der Waals surface area (Å²) in [5, 5.41) is 1.92. The van der Waals surface area contributed by atoms with E-state index in [4.69, 9.17) is 9.47 Å². The van der Waals surface area contributed by atoms with Gasteiger partial charge in [-0.3, -0.25) is 10.1 Å². The summed E-state index contributed by atoms with van der Waals surface area (Å²) in [4.78, 5) is 34.2. The lowest BCUT2D eigenvalue weighted by Crippen LogP contribution is -2.37. The average molecular weight is 309 g/mol. The molecule has 1 rings (SSSR count). The molecule has 0 aliphatic carbocycles. The number of benzene rings is 1. The van der Waals surface area contributed by atoms with E-state index < -0.39 is 30.7 Å². The number of para-hydroxylation sites is 1. The number of carbonyl (C=O) groups is 3. The van der Waals surface area contributed by atoms with Crippen LogP contribution in [0.15, 0.2) is 30.3 Å². The van der Waals surface area contributed by atoms with E-state index >= 15 is 0 Å². The van der Waals surface area contributed by atoms with Crippen molar-refractivity contribution in [3.05, 3.63) is 30.3 Å². The topological polar surface area (TPSA) is 90.9 Å². The van der Waals surface area contributed by atoms with E-state index in [0.717, 1.165) is 0 Å². The van der Waals surface area contributed by atoms with Gasteiger partial charge in [0.2, 0.25) is 0 Å². The van der Waals surface area contributed by atoms with Gasteiger partial charge in [0.05, 0.1) is 6.61 Å². The van der Waals surface area contributed by atoms with E-state index in [0.29, 0.717) is 12.2 Å². The van der Waals surface area contributed by atoms with Crippen LogP contribution in [0, 0.1) is 0 Å². The minimum absolute atomic E-state index is 0.141. The zero-order valence-electron chi connectivity index (χ0n) is 12.5. The molecule has 7 heteroatoms. The van der Waals surface area contributed by atoms with Gasteiger partial charge < -0.3 is 14.2 Å². The zero-order valence-corrected chi connectivity index (χ0v) is 12.5. The number of rotatable bonds is 7. The first-order valence-electron chi connectivity index (χ1n) is 6.91. The molecule has 0 saturated carbocycles. The first kappa shape index (κ1) is 17.5. The number of hydrogen-bond donors (Lipinski definition) is 1. The second-order valence-electron chi connectivity index (χ2n) is 4.20. The third-order valence-electron chi connectivity index (χ3n) is 2.52. The molecule has 0 radical (unpaired) electrons. The van der Waals surface area contributed by atoms with Gasteiger partial charge in [0, 0.05) is 0 Å². The number of esters is 1. The summed E-state index contributed by atoms with van der Waals surface area (Å²) in [6.45, 7) is 2.93. The largest absolute Gasteiger partial charge is 0.479 e. The van der Waals surface area contributed by atoms with Crippen molar-refractivity contribution in [3.8, 4) is 5.75 Å². The smallest absolute Gasteiger partial charge is 0.413 e. The highest BCUT2D eigenvalue weighted by Gasteiger charge is 2.21. The average Bonchev–Trinajstić information content (AvgIpc) is 2.51. The van der Waals surface area contributed by atoms with Crippen LogP contribution in [0.4, 0.5) is 4.79 Å². The Morgan fingerprint density at radius 2 is 1.77 bits per heavy atom. The van der Waals surface area contributed by atoms with Crippen LogP contribution in [0.1, 0.15) is 20.3 Å². The van der Waals surface area contributed by atoms with Gasteiger partial charge in [0.15, 0.2) is 12.7 Å². The summed E-state index contributed by atoms with van der Waals surface area (Å²) < 4.78 is 14.8. The molecule has 7 nitrogen and oxygen atoms in total. The van der Waals surface area contributed by atoms with E-state index in [1.54, 1.807) is 38.1 Å². The van der Waals surface area contributed by atoms with Crippen molar-refractivity contribution in [2.45, 2.75) is 26.4 Å². The lowest BCUT2D eigenvalue weighted by Gasteiger charge is -2.16. The fourth-order valence-corrected chi connectivity index (χ4v) is 1.51. The SMILES string of the molecule is CCOC(=O)NC(=O)COC(=O)[C@H](CC)Oc1ccccc1. The minimum Gasteiger partial charge on any atom is -0.479 e. The third kappa shape index (κ3) is 6.25. The molecule has 1 N–H and O–H groups in total. The van der Waals surface area contributed by atoms with E-state index in [2.05, 4.69) is 4.74 Å². The van der Waals surface area contributed by atoms with Crippen LogP contribution in [0.5, 0.6) is 5.75 Å². The normalized spacial score (nSPS) is 11.2. The van der Waals surface area contributed by atoms with Crippen molar-refractivity contribution < 1.29 is 28.6 Å². The maximum Gasteiger partial charge on any atom is 0.413 e. The molecule has 0 aliphatic rings. The number of carbonyl (C=O) groups excluding carboxylic acids is 3. The zero-order chi connectivity index (χ0) is 16.4. The first-order valence-corrected chi connectivity index (χ1v) is 6.91. The van der Waals surface area contributed by atoms with Crippen LogP contribution >= 0.6 is 0 Å². The summed E-state index contributed by atoms with van der Waals surface area (Å²) in [5.41, 5.74) is 0. The maximum absolute atomic E-state index is 11.9. The summed E-state index contributed by atoms with van der Waals surface area (Å²) in [6, 6.07) is 8.80. The van der Waals surface area contributed by atoms with Gasteiger partial charge in [-0.25, -0.2) is 9.59 Å². The van der Waals surface area contributed by atoms with Crippen LogP contribution in [0.2, 0.25) is 0 Å². The maximum atomic E-state index is 11.9. The molecule has 0 unspecified atom stereocenters. The Bertz CT molecular complexity index is 502. The first-order chi connectivity index (χ1) is 10.6. The van der Waals surface area contributed by atoms with Crippen LogP contribution in [-0.2, 0) is 19.1 Å². The van der Waals surface area contributed by atoms with Gasteiger partial charge in [-0.1, -0.05) is 25.1 Å². The molecule has 0 fully saturated rings. The predicted octanol–water partition coefficient (Wildman–Crippen LogP) is 1.66. The number of alkyl carbamates (subject to hydrolysis) is 1. The Balaban J connectivity index is 2.42. The van der Waals surface area contributed by atoms with Crippen LogP contribution < -0.4 is 10.1 Å². The summed E-state index contributed by atoms with van der Waals surface area (Å²) in [7, 11) is 0. The molecule has 0 aliphatic heterocycles. The third-order valence-corrected chi connectivity index (χ3v) is 2.52. The Kier molecular flexibility index (Phi) is 7.45. The highest BCUT2D eigenvalue weighted by atomic mass is 16.6. The summed E-state index contributed by atoms with van der Waals surface area (Å²) >= 11 is 0. The van der Waals surface area contributed by atoms with Gasteiger partial charge in [-0.15, -0.1) is 0 Å². The molecule has 0 saturated heterocycles. The van der Waals surface area contributed by atoms with Crippen molar-refractivity contribution >= 4 is 18.0 Å². The molecular weight excluding hydrogens is 290 g/mol. The summed E-state index contributed by atoms with van der Waals surface area (Å²) in [6.07, 6.45) is -1.32. The van der Waals surface area contributed by atoms with Crippen LogP contribution in [0.3, 0.4) is 0 Å². The predicted molar refractivity (Wildman–Crippen MR) is 77.3 cm³/mol. The Morgan fingerprint density at radius 1 is 1.09 bits per heavy atom. The van der Waals surface area contributed by atoms with E-state index in [-0.39, 0.29) is 6.61 Å². The quantitative estimate of drug-likeness (QED) is 0.770. The molecule has 1 aromatic carbocycles. The number of hydrogen-bond acceptors (Lipinski definition) is 6. The van der Waals surface area contributed by atoms with Crippen LogP contribution in [0.25, 0.3) is 0 Å². The molecule has 0 aromatic heterocycles. The number of imide groups is 1. The van der Waals surface area contributed by atoms with Crippen molar-refractivity contribution in [2.75, 3.05) is 13.2 Å². The van der Waals surface area contributed by atoms with Crippen molar-refractivity contribution in [2.24, 2.45) is 0 Å². The number of amides is 2. The molecule has 1 atom stereocenters. The lowest BCUT2D eigenvalue weighted by molar-refractivity contribution is -0.155. The Hall–Kier alpha value is -2.57. The molecular formula is C15H19NO6.